The topological polar surface area (TPSA) is 84.7 Å². The summed E-state index contributed by atoms with van der Waals surface area (Å²) < 4.78 is 19.4. The largest absolute Gasteiger partial charge is 0.363 e. The fourth-order valence-corrected chi connectivity index (χ4v) is 3.05. The van der Waals surface area contributed by atoms with Crippen molar-refractivity contribution in [1.82, 2.24) is 10.2 Å². The Balaban J connectivity index is 1.79. The summed E-state index contributed by atoms with van der Waals surface area (Å²) in [7, 11) is 0. The summed E-state index contributed by atoms with van der Waals surface area (Å²) in [6, 6.07) is 14.9. The summed E-state index contributed by atoms with van der Waals surface area (Å²) in [5.74, 6) is -0.786. The van der Waals surface area contributed by atoms with Gasteiger partial charge < -0.3 is 10.5 Å². The molecule has 7 heteroatoms. The van der Waals surface area contributed by atoms with Crippen molar-refractivity contribution in [2.75, 3.05) is 19.6 Å². The van der Waals surface area contributed by atoms with E-state index in [1.165, 1.54) is 12.1 Å². The van der Waals surface area contributed by atoms with Crippen LogP contribution in [0.3, 0.4) is 0 Å². The molecule has 3 amide bonds. The Labute approximate surface area is 150 Å². The third-order valence-electron chi connectivity index (χ3n) is 4.22. The fraction of sp³-hybridized carbons (Fsp3) is 0.263. The van der Waals surface area contributed by atoms with Gasteiger partial charge in [0, 0.05) is 13.1 Å². The van der Waals surface area contributed by atoms with Crippen LogP contribution < -0.4 is 11.1 Å². The van der Waals surface area contributed by atoms with Gasteiger partial charge in [-0.2, -0.15) is 0 Å². The second-order valence-electron chi connectivity index (χ2n) is 6.18. The zero-order valence-electron chi connectivity index (χ0n) is 14.1. The van der Waals surface area contributed by atoms with Gasteiger partial charge in [0.15, 0.2) is 0 Å². The standard InChI is InChI=1S/C19H20FN3O3/c20-15-8-6-14(7-9-15)17-11-23(12-18(24)22-19(21)25)10-16(26-17)13-4-2-1-3-5-13/h1-9,16-17H,10-12H2,(H3,21,22,24,25). The Morgan fingerprint density at radius 3 is 2.19 bits per heavy atom. The summed E-state index contributed by atoms with van der Waals surface area (Å²) in [5.41, 5.74) is 6.81. The number of primary amides is 1. The molecule has 2 aromatic carbocycles. The van der Waals surface area contributed by atoms with Crippen LogP contribution >= 0.6 is 0 Å². The molecule has 1 aliphatic rings. The number of halogens is 1. The average molecular weight is 357 g/mol. The van der Waals surface area contributed by atoms with Gasteiger partial charge in [-0.25, -0.2) is 9.18 Å². The number of amides is 3. The number of benzene rings is 2. The van der Waals surface area contributed by atoms with Crippen molar-refractivity contribution >= 4 is 11.9 Å². The molecular weight excluding hydrogens is 337 g/mol. The van der Waals surface area contributed by atoms with E-state index < -0.39 is 11.9 Å². The Morgan fingerprint density at radius 2 is 1.62 bits per heavy atom. The number of ether oxygens (including phenoxy) is 1. The van der Waals surface area contributed by atoms with Gasteiger partial charge in [-0.05, 0) is 23.3 Å². The van der Waals surface area contributed by atoms with Gasteiger partial charge in [0.2, 0.25) is 5.91 Å². The molecule has 0 aliphatic carbocycles. The molecule has 1 heterocycles. The van der Waals surface area contributed by atoms with E-state index in [1.54, 1.807) is 12.1 Å². The van der Waals surface area contributed by atoms with E-state index in [0.29, 0.717) is 13.1 Å². The van der Waals surface area contributed by atoms with E-state index >= 15 is 0 Å². The minimum absolute atomic E-state index is 0.0212. The SMILES string of the molecule is NC(=O)NC(=O)CN1CC(c2ccccc2)OC(c2ccc(F)cc2)C1. The quantitative estimate of drug-likeness (QED) is 0.878. The van der Waals surface area contributed by atoms with Crippen LogP contribution in [-0.2, 0) is 9.53 Å². The lowest BCUT2D eigenvalue weighted by atomic mass is 10.0. The summed E-state index contributed by atoms with van der Waals surface area (Å²) in [5, 5.41) is 2.07. The van der Waals surface area contributed by atoms with E-state index in [0.717, 1.165) is 11.1 Å². The smallest absolute Gasteiger partial charge is 0.318 e. The van der Waals surface area contributed by atoms with Gasteiger partial charge >= 0.3 is 6.03 Å². The molecule has 3 N–H and O–H groups in total. The molecule has 1 saturated heterocycles. The number of urea groups is 1. The molecule has 3 rings (SSSR count). The number of nitrogens with two attached hydrogens (primary N) is 1. The normalized spacial score (nSPS) is 20.5. The number of nitrogens with zero attached hydrogens (tertiary/aromatic N) is 1. The predicted octanol–water partition coefficient (Wildman–Crippen LogP) is 2.14. The minimum Gasteiger partial charge on any atom is -0.363 e. The molecule has 2 unspecified atom stereocenters. The van der Waals surface area contributed by atoms with E-state index in [2.05, 4.69) is 5.32 Å². The van der Waals surface area contributed by atoms with Gasteiger partial charge in [0.25, 0.3) is 0 Å². The molecule has 2 atom stereocenters. The first-order valence-electron chi connectivity index (χ1n) is 8.29. The number of nitrogens with one attached hydrogen (secondary N) is 1. The highest BCUT2D eigenvalue weighted by Gasteiger charge is 2.30. The first-order chi connectivity index (χ1) is 12.5. The van der Waals surface area contributed by atoms with Gasteiger partial charge in [0.1, 0.15) is 5.82 Å². The van der Waals surface area contributed by atoms with E-state index in [9.17, 15) is 14.0 Å². The van der Waals surface area contributed by atoms with E-state index in [-0.39, 0.29) is 24.6 Å². The molecule has 6 nitrogen and oxygen atoms in total. The number of rotatable bonds is 4. The molecule has 0 radical (unpaired) electrons. The van der Waals surface area contributed by atoms with Crippen molar-refractivity contribution in [2.45, 2.75) is 12.2 Å². The summed E-state index contributed by atoms with van der Waals surface area (Å²) in [4.78, 5) is 24.7. The molecule has 0 saturated carbocycles. The average Bonchev–Trinajstić information content (AvgIpc) is 2.62. The molecule has 1 fully saturated rings. The lowest BCUT2D eigenvalue weighted by Gasteiger charge is -2.38. The number of carbonyl (C=O) groups excluding carboxylic acids is 2. The lowest BCUT2D eigenvalue weighted by molar-refractivity contribution is -0.127. The number of hydrogen-bond donors (Lipinski definition) is 2. The monoisotopic (exact) mass is 357 g/mol. The predicted molar refractivity (Wildman–Crippen MR) is 93.6 cm³/mol. The van der Waals surface area contributed by atoms with Crippen molar-refractivity contribution in [1.29, 1.82) is 0 Å². The Kier molecular flexibility index (Phi) is 5.60. The van der Waals surface area contributed by atoms with Crippen LogP contribution in [0.25, 0.3) is 0 Å². The zero-order valence-corrected chi connectivity index (χ0v) is 14.1. The Morgan fingerprint density at radius 1 is 1.04 bits per heavy atom. The van der Waals surface area contributed by atoms with Gasteiger partial charge in [0.05, 0.1) is 18.8 Å². The number of carbonyl (C=O) groups is 2. The van der Waals surface area contributed by atoms with Crippen LogP contribution in [-0.4, -0.2) is 36.5 Å². The molecular formula is C19H20FN3O3. The second kappa shape index (κ2) is 8.07. The fourth-order valence-electron chi connectivity index (χ4n) is 3.05. The number of morpholine rings is 1. The maximum atomic E-state index is 13.2. The highest BCUT2D eigenvalue weighted by Crippen LogP contribution is 2.32. The van der Waals surface area contributed by atoms with Gasteiger partial charge in [-0.15, -0.1) is 0 Å². The minimum atomic E-state index is -0.877. The van der Waals surface area contributed by atoms with Crippen LogP contribution in [0.2, 0.25) is 0 Å². The third kappa shape index (κ3) is 4.65. The highest BCUT2D eigenvalue weighted by molar-refractivity contribution is 5.94. The van der Waals surface area contributed by atoms with E-state index in [4.69, 9.17) is 10.5 Å². The molecule has 26 heavy (non-hydrogen) atoms. The lowest BCUT2D eigenvalue weighted by Crippen LogP contribution is -2.47. The Hall–Kier alpha value is -2.77. The number of hydrogen-bond acceptors (Lipinski definition) is 4. The van der Waals surface area contributed by atoms with Crippen LogP contribution in [0.15, 0.2) is 54.6 Å². The van der Waals surface area contributed by atoms with Crippen molar-refractivity contribution < 1.29 is 18.7 Å². The second-order valence-corrected chi connectivity index (χ2v) is 6.18. The molecule has 0 spiro atoms. The molecule has 1 aliphatic heterocycles. The van der Waals surface area contributed by atoms with Crippen LogP contribution in [0.5, 0.6) is 0 Å². The molecule has 2 aromatic rings. The van der Waals surface area contributed by atoms with Crippen LogP contribution in [0, 0.1) is 5.82 Å². The van der Waals surface area contributed by atoms with Gasteiger partial charge in [-0.1, -0.05) is 42.5 Å². The highest BCUT2D eigenvalue weighted by atomic mass is 19.1. The van der Waals surface area contributed by atoms with Crippen LogP contribution in [0.1, 0.15) is 23.3 Å². The number of imide groups is 1. The van der Waals surface area contributed by atoms with Crippen molar-refractivity contribution in [3.05, 3.63) is 71.5 Å². The molecule has 0 bridgehead atoms. The summed E-state index contributed by atoms with van der Waals surface area (Å²) in [6.45, 7) is 0.961. The van der Waals surface area contributed by atoms with Crippen LogP contribution in [0.4, 0.5) is 9.18 Å². The molecule has 136 valence electrons. The third-order valence-corrected chi connectivity index (χ3v) is 4.22. The maximum Gasteiger partial charge on any atom is 0.318 e. The first-order valence-corrected chi connectivity index (χ1v) is 8.29. The van der Waals surface area contributed by atoms with Crippen molar-refractivity contribution in [3.8, 4) is 0 Å². The van der Waals surface area contributed by atoms with Crippen molar-refractivity contribution in [2.24, 2.45) is 5.73 Å². The summed E-state index contributed by atoms with van der Waals surface area (Å²) >= 11 is 0. The maximum absolute atomic E-state index is 13.2. The summed E-state index contributed by atoms with van der Waals surface area (Å²) in [6.07, 6.45) is -0.572. The van der Waals surface area contributed by atoms with Crippen molar-refractivity contribution in [3.63, 3.8) is 0 Å². The first kappa shape index (κ1) is 18.0. The zero-order chi connectivity index (χ0) is 18.5. The van der Waals surface area contributed by atoms with Gasteiger partial charge in [-0.3, -0.25) is 15.0 Å². The molecule has 0 aromatic heterocycles. The van der Waals surface area contributed by atoms with E-state index in [1.807, 2.05) is 35.2 Å². The Bertz CT molecular complexity index is 767.